The number of benzene rings is 1. The standard InChI is InChI=1S/C20H30N4O3/c1-2-27-20(26)24-13-11-23(12-14-24)16-19(25)21-18-7-5-17(6-8-18)15-22-9-3-4-10-22/h5-8H,2-4,9-16H2,1H3,(H,21,25)/p+2. The molecule has 2 aliphatic rings. The molecule has 148 valence electrons. The Balaban J connectivity index is 1.39. The van der Waals surface area contributed by atoms with Gasteiger partial charge in [0.2, 0.25) is 0 Å². The van der Waals surface area contributed by atoms with Crippen LogP contribution in [-0.2, 0) is 16.1 Å². The van der Waals surface area contributed by atoms with Gasteiger partial charge in [-0.05, 0) is 19.1 Å². The number of hydrogen-bond donors (Lipinski definition) is 3. The quantitative estimate of drug-likeness (QED) is 0.607. The van der Waals surface area contributed by atoms with Crippen molar-refractivity contribution >= 4 is 17.7 Å². The van der Waals surface area contributed by atoms with Gasteiger partial charge >= 0.3 is 6.09 Å². The summed E-state index contributed by atoms with van der Waals surface area (Å²) in [6.45, 7) is 9.04. The molecular formula is C20H32N4O3+2. The second-order valence-electron chi connectivity index (χ2n) is 7.49. The zero-order chi connectivity index (χ0) is 19.1. The molecule has 7 nitrogen and oxygen atoms in total. The van der Waals surface area contributed by atoms with Crippen LogP contribution in [-0.4, -0.2) is 69.3 Å². The smallest absolute Gasteiger partial charge is 0.410 e. The van der Waals surface area contributed by atoms with Gasteiger partial charge in [-0.1, -0.05) is 12.1 Å². The zero-order valence-electron chi connectivity index (χ0n) is 16.3. The minimum Gasteiger partial charge on any atom is -0.450 e. The highest BCUT2D eigenvalue weighted by molar-refractivity contribution is 5.91. The molecule has 2 heterocycles. The molecule has 1 aromatic rings. The van der Waals surface area contributed by atoms with Gasteiger partial charge in [-0.2, -0.15) is 0 Å². The number of hydrogen-bond acceptors (Lipinski definition) is 3. The van der Waals surface area contributed by atoms with E-state index in [4.69, 9.17) is 4.74 Å². The van der Waals surface area contributed by atoms with Crippen LogP contribution in [0.2, 0.25) is 0 Å². The highest BCUT2D eigenvalue weighted by Crippen LogP contribution is 2.09. The molecule has 0 saturated carbocycles. The summed E-state index contributed by atoms with van der Waals surface area (Å²) in [5.41, 5.74) is 2.18. The molecule has 0 bridgehead atoms. The van der Waals surface area contributed by atoms with Crippen LogP contribution in [0.3, 0.4) is 0 Å². The van der Waals surface area contributed by atoms with Crippen LogP contribution in [0, 0.1) is 0 Å². The molecule has 2 saturated heterocycles. The van der Waals surface area contributed by atoms with Gasteiger partial charge in [0, 0.05) is 24.1 Å². The molecule has 2 fully saturated rings. The van der Waals surface area contributed by atoms with Crippen LogP contribution in [0.4, 0.5) is 10.5 Å². The summed E-state index contributed by atoms with van der Waals surface area (Å²) >= 11 is 0. The topological polar surface area (TPSA) is 67.5 Å². The molecule has 0 atom stereocenters. The Morgan fingerprint density at radius 2 is 1.70 bits per heavy atom. The minimum absolute atomic E-state index is 0.0208. The fraction of sp³-hybridized carbons (Fsp3) is 0.600. The number of anilines is 1. The van der Waals surface area contributed by atoms with Crippen LogP contribution in [0.25, 0.3) is 0 Å². The summed E-state index contributed by atoms with van der Waals surface area (Å²) in [7, 11) is 0. The Morgan fingerprint density at radius 1 is 1.04 bits per heavy atom. The highest BCUT2D eigenvalue weighted by atomic mass is 16.6. The van der Waals surface area contributed by atoms with Gasteiger partial charge in [-0.25, -0.2) is 4.79 Å². The molecule has 0 aromatic heterocycles. The Morgan fingerprint density at radius 3 is 2.33 bits per heavy atom. The monoisotopic (exact) mass is 376 g/mol. The zero-order valence-corrected chi connectivity index (χ0v) is 16.3. The summed E-state index contributed by atoms with van der Waals surface area (Å²) in [6, 6.07) is 8.23. The molecule has 3 N–H and O–H groups in total. The fourth-order valence-electron chi connectivity index (χ4n) is 3.88. The normalized spacial score (nSPS) is 18.5. The molecular weight excluding hydrogens is 344 g/mol. The summed E-state index contributed by atoms with van der Waals surface area (Å²) in [5, 5.41) is 2.99. The van der Waals surface area contributed by atoms with Crippen molar-refractivity contribution in [2.24, 2.45) is 0 Å². The van der Waals surface area contributed by atoms with Crippen molar-refractivity contribution in [3.63, 3.8) is 0 Å². The van der Waals surface area contributed by atoms with Gasteiger partial charge in [-0.3, -0.25) is 9.69 Å². The summed E-state index contributed by atoms with van der Waals surface area (Å²) in [6.07, 6.45) is 2.41. The van der Waals surface area contributed by atoms with E-state index in [9.17, 15) is 9.59 Å². The summed E-state index contributed by atoms with van der Waals surface area (Å²) in [4.78, 5) is 28.6. The number of carbonyl (C=O) groups excluding carboxylic acids is 2. The predicted octanol–water partition coefficient (Wildman–Crippen LogP) is -0.839. The molecule has 0 aliphatic carbocycles. The van der Waals surface area contributed by atoms with Crippen LogP contribution >= 0.6 is 0 Å². The van der Waals surface area contributed by atoms with Gasteiger partial charge in [0.15, 0.2) is 6.54 Å². The first kappa shape index (κ1) is 19.6. The molecule has 0 unspecified atom stereocenters. The number of piperazine rings is 1. The third-order valence-corrected chi connectivity index (χ3v) is 5.41. The number of nitrogens with zero attached hydrogens (tertiary/aromatic N) is 1. The Labute approximate surface area is 161 Å². The maximum atomic E-state index is 12.3. The van der Waals surface area contributed by atoms with Crippen LogP contribution in [0.5, 0.6) is 0 Å². The lowest BCUT2D eigenvalue weighted by molar-refractivity contribution is -0.901. The fourth-order valence-corrected chi connectivity index (χ4v) is 3.88. The van der Waals surface area contributed by atoms with Crippen LogP contribution in [0.1, 0.15) is 25.3 Å². The average Bonchev–Trinajstić information content (AvgIpc) is 3.17. The Kier molecular flexibility index (Phi) is 7.06. The third kappa shape index (κ3) is 5.94. The van der Waals surface area contributed by atoms with Crippen molar-refractivity contribution in [3.05, 3.63) is 29.8 Å². The maximum Gasteiger partial charge on any atom is 0.410 e. The molecule has 2 amide bonds. The lowest BCUT2D eigenvalue weighted by Crippen LogP contribution is -3.15. The van der Waals surface area contributed by atoms with Gasteiger partial charge in [0.05, 0.1) is 45.9 Å². The largest absolute Gasteiger partial charge is 0.450 e. The van der Waals surface area contributed by atoms with Crippen LogP contribution < -0.4 is 15.1 Å². The SMILES string of the molecule is CCOC(=O)N1CC[NH+](CC(=O)Nc2ccc(C[NH+]3CCCC3)cc2)CC1. The van der Waals surface area contributed by atoms with E-state index in [1.807, 2.05) is 19.1 Å². The molecule has 7 heteroatoms. The van der Waals surface area contributed by atoms with E-state index < -0.39 is 0 Å². The van der Waals surface area contributed by atoms with E-state index in [0.717, 1.165) is 25.3 Å². The van der Waals surface area contributed by atoms with Gasteiger partial charge in [0.1, 0.15) is 6.54 Å². The first-order valence-electron chi connectivity index (χ1n) is 10.1. The first-order valence-corrected chi connectivity index (χ1v) is 10.1. The van der Waals surface area contributed by atoms with Gasteiger partial charge in [0.25, 0.3) is 5.91 Å². The third-order valence-electron chi connectivity index (χ3n) is 5.41. The van der Waals surface area contributed by atoms with Crippen LogP contribution in [0.15, 0.2) is 24.3 Å². The van der Waals surface area contributed by atoms with E-state index >= 15 is 0 Å². The number of quaternary nitrogens is 2. The Bertz CT molecular complexity index is 621. The molecule has 27 heavy (non-hydrogen) atoms. The summed E-state index contributed by atoms with van der Waals surface area (Å²) in [5.74, 6) is 0.0208. The lowest BCUT2D eigenvalue weighted by atomic mass is 10.2. The molecule has 3 rings (SSSR count). The van der Waals surface area contributed by atoms with Crippen molar-refractivity contribution in [2.45, 2.75) is 26.3 Å². The molecule has 1 aromatic carbocycles. The van der Waals surface area contributed by atoms with Gasteiger partial charge < -0.3 is 19.9 Å². The number of rotatable bonds is 6. The second-order valence-corrected chi connectivity index (χ2v) is 7.49. The predicted molar refractivity (Wildman–Crippen MR) is 103 cm³/mol. The number of ether oxygens (including phenoxy) is 1. The van der Waals surface area contributed by atoms with Crippen molar-refractivity contribution in [1.29, 1.82) is 0 Å². The second kappa shape index (κ2) is 9.71. The van der Waals surface area contributed by atoms with Crippen molar-refractivity contribution in [2.75, 3.05) is 57.7 Å². The van der Waals surface area contributed by atoms with E-state index in [-0.39, 0.29) is 12.0 Å². The number of likely N-dealkylation sites (tertiary alicyclic amines) is 1. The van der Waals surface area contributed by atoms with E-state index in [1.165, 1.54) is 36.4 Å². The average molecular weight is 377 g/mol. The van der Waals surface area contributed by atoms with Gasteiger partial charge in [-0.15, -0.1) is 0 Å². The summed E-state index contributed by atoms with van der Waals surface area (Å²) < 4.78 is 5.02. The van der Waals surface area contributed by atoms with E-state index in [1.54, 1.807) is 9.80 Å². The number of nitrogens with one attached hydrogen (secondary N) is 3. The number of amides is 2. The molecule has 2 aliphatic heterocycles. The van der Waals surface area contributed by atoms with E-state index in [2.05, 4.69) is 17.4 Å². The maximum absolute atomic E-state index is 12.3. The molecule has 0 radical (unpaired) electrons. The van der Waals surface area contributed by atoms with E-state index in [0.29, 0.717) is 26.2 Å². The Hall–Kier alpha value is -2.12. The molecule has 0 spiro atoms. The van der Waals surface area contributed by atoms with Crippen molar-refractivity contribution < 1.29 is 24.1 Å². The minimum atomic E-state index is -0.253. The van der Waals surface area contributed by atoms with Crippen molar-refractivity contribution in [1.82, 2.24) is 4.90 Å². The highest BCUT2D eigenvalue weighted by Gasteiger charge is 2.25. The lowest BCUT2D eigenvalue weighted by Gasteiger charge is -2.31. The van der Waals surface area contributed by atoms with Crippen molar-refractivity contribution in [3.8, 4) is 0 Å². The number of carbonyl (C=O) groups is 2. The first-order chi connectivity index (χ1) is 13.1.